The highest BCUT2D eigenvalue weighted by atomic mass is 16.1. The first-order valence-corrected chi connectivity index (χ1v) is 6.08. The lowest BCUT2D eigenvalue weighted by atomic mass is 9.74. The van der Waals surface area contributed by atoms with Crippen molar-refractivity contribution in [3.05, 3.63) is 18.2 Å². The molecule has 2 rings (SSSR count). The van der Waals surface area contributed by atoms with Crippen LogP contribution in [0.2, 0.25) is 0 Å². The molecule has 0 N–H and O–H groups in total. The van der Waals surface area contributed by atoms with E-state index in [0.717, 1.165) is 12.8 Å². The van der Waals surface area contributed by atoms with Gasteiger partial charge in [-0.15, -0.1) is 0 Å². The van der Waals surface area contributed by atoms with Gasteiger partial charge in [-0.3, -0.25) is 4.79 Å². The number of imidazole rings is 1. The second-order valence-electron chi connectivity index (χ2n) is 5.40. The number of rotatable bonds is 2. The first-order valence-electron chi connectivity index (χ1n) is 6.08. The fourth-order valence-corrected chi connectivity index (χ4v) is 2.91. The van der Waals surface area contributed by atoms with Gasteiger partial charge in [0, 0.05) is 19.2 Å². The summed E-state index contributed by atoms with van der Waals surface area (Å²) < 4.78 is 1.84. The number of Topliss-reactive ketones (excluding diaryl/α,β-unsaturated/α-hetero) is 1. The van der Waals surface area contributed by atoms with Crippen LogP contribution in [-0.4, -0.2) is 15.3 Å². The summed E-state index contributed by atoms with van der Waals surface area (Å²) in [7, 11) is 1.90. The second-order valence-corrected chi connectivity index (χ2v) is 5.40. The predicted octanol–water partition coefficient (Wildman–Crippen LogP) is 2.68. The molecule has 0 saturated heterocycles. The van der Waals surface area contributed by atoms with E-state index in [2.05, 4.69) is 18.8 Å². The molecule has 88 valence electrons. The highest BCUT2D eigenvalue weighted by Crippen LogP contribution is 2.34. The van der Waals surface area contributed by atoms with Crippen molar-refractivity contribution >= 4 is 5.78 Å². The number of ketones is 1. The summed E-state index contributed by atoms with van der Waals surface area (Å²) >= 11 is 0. The summed E-state index contributed by atoms with van der Waals surface area (Å²) in [5, 5.41) is 0. The molecule has 2 atom stereocenters. The molecule has 0 amide bonds. The molecule has 3 heteroatoms. The van der Waals surface area contributed by atoms with Gasteiger partial charge in [0.05, 0.1) is 6.33 Å². The predicted molar refractivity (Wildman–Crippen MR) is 63.2 cm³/mol. The van der Waals surface area contributed by atoms with Crippen LogP contribution in [0.1, 0.15) is 43.6 Å². The monoisotopic (exact) mass is 220 g/mol. The molecular weight excluding hydrogens is 200 g/mol. The maximum absolute atomic E-state index is 12.2. The van der Waals surface area contributed by atoms with Crippen LogP contribution in [0, 0.1) is 17.8 Å². The average Bonchev–Trinajstić information content (AvgIpc) is 2.62. The van der Waals surface area contributed by atoms with Crippen LogP contribution in [0.3, 0.4) is 0 Å². The van der Waals surface area contributed by atoms with Crippen molar-refractivity contribution in [1.29, 1.82) is 0 Å². The zero-order valence-electron chi connectivity index (χ0n) is 10.3. The van der Waals surface area contributed by atoms with E-state index in [4.69, 9.17) is 0 Å². The van der Waals surface area contributed by atoms with Gasteiger partial charge < -0.3 is 4.57 Å². The molecule has 2 unspecified atom stereocenters. The Bertz CT molecular complexity index is 373. The first-order chi connectivity index (χ1) is 7.56. The number of nitrogens with zero attached hydrogens (tertiary/aromatic N) is 2. The molecule has 1 aromatic rings. The van der Waals surface area contributed by atoms with Gasteiger partial charge >= 0.3 is 0 Å². The fraction of sp³-hybridized carbons (Fsp3) is 0.692. The molecule has 1 aliphatic carbocycles. The number of hydrogen-bond donors (Lipinski definition) is 0. The Hall–Kier alpha value is -1.12. The number of hydrogen-bond acceptors (Lipinski definition) is 2. The Labute approximate surface area is 96.9 Å². The molecule has 0 bridgehead atoms. The van der Waals surface area contributed by atoms with E-state index >= 15 is 0 Å². The Kier molecular flexibility index (Phi) is 3.13. The van der Waals surface area contributed by atoms with Crippen LogP contribution in [-0.2, 0) is 7.05 Å². The maximum atomic E-state index is 12.2. The standard InChI is InChI=1S/C13H20N2O/c1-9-4-10(2)6-11(5-9)13(16)12-7-15(3)8-14-12/h7-11H,4-6H2,1-3H3. The highest BCUT2D eigenvalue weighted by molar-refractivity contribution is 5.95. The Morgan fingerprint density at radius 1 is 1.31 bits per heavy atom. The van der Waals surface area contributed by atoms with E-state index in [-0.39, 0.29) is 11.7 Å². The SMILES string of the molecule is CC1CC(C)CC(C(=O)c2cn(C)cn2)C1. The quantitative estimate of drug-likeness (QED) is 0.718. The van der Waals surface area contributed by atoms with Crippen molar-refractivity contribution in [3.8, 4) is 0 Å². The fourth-order valence-electron chi connectivity index (χ4n) is 2.91. The third-order valence-electron chi connectivity index (χ3n) is 3.51. The number of aromatic nitrogens is 2. The van der Waals surface area contributed by atoms with E-state index in [0.29, 0.717) is 17.5 Å². The van der Waals surface area contributed by atoms with E-state index in [1.165, 1.54) is 6.42 Å². The summed E-state index contributed by atoms with van der Waals surface area (Å²) in [6, 6.07) is 0. The van der Waals surface area contributed by atoms with Crippen LogP contribution in [0.15, 0.2) is 12.5 Å². The molecular formula is C13H20N2O. The third-order valence-corrected chi connectivity index (χ3v) is 3.51. The van der Waals surface area contributed by atoms with Gasteiger partial charge in [-0.1, -0.05) is 13.8 Å². The molecule has 1 fully saturated rings. The number of aryl methyl sites for hydroxylation is 1. The Morgan fingerprint density at radius 3 is 2.44 bits per heavy atom. The topological polar surface area (TPSA) is 34.9 Å². The van der Waals surface area contributed by atoms with Crippen LogP contribution < -0.4 is 0 Å². The smallest absolute Gasteiger partial charge is 0.185 e. The van der Waals surface area contributed by atoms with Gasteiger partial charge in [-0.25, -0.2) is 4.98 Å². The number of carbonyl (C=O) groups is 1. The van der Waals surface area contributed by atoms with E-state index in [9.17, 15) is 4.79 Å². The van der Waals surface area contributed by atoms with Gasteiger partial charge in [0.1, 0.15) is 5.69 Å². The van der Waals surface area contributed by atoms with Crippen molar-refractivity contribution in [2.45, 2.75) is 33.1 Å². The van der Waals surface area contributed by atoms with E-state index < -0.39 is 0 Å². The molecule has 0 aliphatic heterocycles. The maximum Gasteiger partial charge on any atom is 0.185 e. The van der Waals surface area contributed by atoms with Gasteiger partial charge in [0.2, 0.25) is 0 Å². The normalized spacial score (nSPS) is 30.3. The van der Waals surface area contributed by atoms with Crippen LogP contribution in [0.25, 0.3) is 0 Å². The summed E-state index contributed by atoms with van der Waals surface area (Å²) in [4.78, 5) is 16.4. The van der Waals surface area contributed by atoms with Crippen molar-refractivity contribution in [1.82, 2.24) is 9.55 Å². The molecule has 3 nitrogen and oxygen atoms in total. The molecule has 1 aromatic heterocycles. The zero-order chi connectivity index (χ0) is 11.7. The molecule has 1 saturated carbocycles. The van der Waals surface area contributed by atoms with Gasteiger partial charge in [0.25, 0.3) is 0 Å². The van der Waals surface area contributed by atoms with E-state index in [1.54, 1.807) is 6.33 Å². The molecule has 0 radical (unpaired) electrons. The van der Waals surface area contributed by atoms with Crippen LogP contribution >= 0.6 is 0 Å². The third kappa shape index (κ3) is 2.34. The average molecular weight is 220 g/mol. The van der Waals surface area contributed by atoms with Crippen LogP contribution in [0.5, 0.6) is 0 Å². The minimum absolute atomic E-state index is 0.189. The summed E-state index contributed by atoms with van der Waals surface area (Å²) in [5.74, 6) is 1.76. The number of carbonyl (C=O) groups excluding carboxylic acids is 1. The summed E-state index contributed by atoms with van der Waals surface area (Å²) in [6.07, 6.45) is 6.83. The van der Waals surface area contributed by atoms with Gasteiger partial charge in [0.15, 0.2) is 5.78 Å². The largest absolute Gasteiger partial charge is 0.340 e. The van der Waals surface area contributed by atoms with Crippen molar-refractivity contribution in [2.75, 3.05) is 0 Å². The Morgan fingerprint density at radius 2 is 1.94 bits per heavy atom. The second kappa shape index (κ2) is 4.40. The van der Waals surface area contributed by atoms with Crippen molar-refractivity contribution < 1.29 is 4.79 Å². The Balaban J connectivity index is 2.09. The van der Waals surface area contributed by atoms with Crippen molar-refractivity contribution in [2.24, 2.45) is 24.8 Å². The molecule has 1 heterocycles. The molecule has 0 spiro atoms. The van der Waals surface area contributed by atoms with Crippen molar-refractivity contribution in [3.63, 3.8) is 0 Å². The summed E-state index contributed by atoms with van der Waals surface area (Å²) in [5.41, 5.74) is 0.633. The lowest BCUT2D eigenvalue weighted by molar-refractivity contribution is 0.0831. The minimum atomic E-state index is 0.189. The lowest BCUT2D eigenvalue weighted by Gasteiger charge is -2.30. The first kappa shape index (κ1) is 11.4. The zero-order valence-corrected chi connectivity index (χ0v) is 10.3. The highest BCUT2D eigenvalue weighted by Gasteiger charge is 2.30. The molecule has 0 aromatic carbocycles. The van der Waals surface area contributed by atoms with E-state index in [1.807, 2.05) is 17.8 Å². The molecule has 16 heavy (non-hydrogen) atoms. The molecule has 1 aliphatic rings. The van der Waals surface area contributed by atoms with Crippen LogP contribution in [0.4, 0.5) is 0 Å². The minimum Gasteiger partial charge on any atom is -0.340 e. The summed E-state index contributed by atoms with van der Waals surface area (Å²) in [6.45, 7) is 4.49. The van der Waals surface area contributed by atoms with Gasteiger partial charge in [-0.2, -0.15) is 0 Å². The van der Waals surface area contributed by atoms with Gasteiger partial charge in [-0.05, 0) is 31.1 Å². The lowest BCUT2D eigenvalue weighted by Crippen LogP contribution is -2.26.